The van der Waals surface area contributed by atoms with Crippen LogP contribution in [-0.2, 0) is 18.4 Å². The number of carbonyl (C=O) groups excluding carboxylic acids is 1. The lowest BCUT2D eigenvalue weighted by atomic mass is 10.0. The summed E-state index contributed by atoms with van der Waals surface area (Å²) in [6, 6.07) is 8.03. The van der Waals surface area contributed by atoms with Crippen molar-refractivity contribution in [3.05, 3.63) is 30.1 Å². The van der Waals surface area contributed by atoms with Crippen LogP contribution in [0.2, 0.25) is 0 Å². The van der Waals surface area contributed by atoms with Crippen molar-refractivity contribution < 1.29 is 4.79 Å². The van der Waals surface area contributed by atoms with Gasteiger partial charge in [-0.25, -0.2) is 4.98 Å². The van der Waals surface area contributed by atoms with E-state index in [2.05, 4.69) is 4.98 Å². The number of aromatic nitrogens is 2. The maximum Gasteiger partial charge on any atom is 0.227 e. The van der Waals surface area contributed by atoms with Crippen LogP contribution in [0, 0.1) is 5.92 Å². The van der Waals surface area contributed by atoms with E-state index in [1.165, 1.54) is 0 Å². The molecule has 1 saturated carbocycles. The molecule has 1 aromatic heterocycles. The Morgan fingerprint density at radius 3 is 2.86 bits per heavy atom. The second-order valence-electron chi connectivity index (χ2n) is 5.97. The standard InChI is InChI=1S/C16H22N4O/c1-19(16(21)11-6-5-7-12(11)17)10-15-18-13-8-3-4-9-14(13)20(15)2/h3-4,8-9,11-12H,5-7,10,17H2,1-2H3. The SMILES string of the molecule is CN(Cc1nc2ccccc2n1C)C(=O)C1CCCC1N. The van der Waals surface area contributed by atoms with Crippen LogP contribution in [0.25, 0.3) is 11.0 Å². The maximum atomic E-state index is 12.5. The average molecular weight is 286 g/mol. The highest BCUT2D eigenvalue weighted by Gasteiger charge is 2.32. The van der Waals surface area contributed by atoms with Crippen LogP contribution in [0.4, 0.5) is 0 Å². The lowest BCUT2D eigenvalue weighted by Crippen LogP contribution is -2.39. The first-order chi connectivity index (χ1) is 10.1. The minimum Gasteiger partial charge on any atom is -0.338 e. The zero-order valence-electron chi connectivity index (χ0n) is 12.6. The van der Waals surface area contributed by atoms with Crippen LogP contribution in [0.1, 0.15) is 25.1 Å². The summed E-state index contributed by atoms with van der Waals surface area (Å²) >= 11 is 0. The molecule has 0 aliphatic heterocycles. The summed E-state index contributed by atoms with van der Waals surface area (Å²) < 4.78 is 2.05. The molecule has 1 aromatic carbocycles. The second-order valence-corrected chi connectivity index (χ2v) is 5.97. The summed E-state index contributed by atoms with van der Waals surface area (Å²) in [6.45, 7) is 0.521. The topological polar surface area (TPSA) is 64.2 Å². The van der Waals surface area contributed by atoms with E-state index in [0.29, 0.717) is 6.54 Å². The molecule has 1 aliphatic carbocycles. The number of amides is 1. The predicted molar refractivity (Wildman–Crippen MR) is 82.5 cm³/mol. The number of hydrogen-bond donors (Lipinski definition) is 1. The monoisotopic (exact) mass is 286 g/mol. The number of aryl methyl sites for hydroxylation is 1. The minimum absolute atomic E-state index is 0.0143. The summed E-state index contributed by atoms with van der Waals surface area (Å²) in [7, 11) is 3.83. The van der Waals surface area contributed by atoms with E-state index < -0.39 is 0 Å². The van der Waals surface area contributed by atoms with Gasteiger partial charge in [0.25, 0.3) is 0 Å². The fraction of sp³-hybridized carbons (Fsp3) is 0.500. The number of benzene rings is 1. The van der Waals surface area contributed by atoms with Crippen molar-refractivity contribution in [3.8, 4) is 0 Å². The normalized spacial score (nSPS) is 21.9. The lowest BCUT2D eigenvalue weighted by molar-refractivity contribution is -0.135. The molecule has 0 radical (unpaired) electrons. The summed E-state index contributed by atoms with van der Waals surface area (Å²) in [5, 5.41) is 0. The Bertz CT molecular complexity index is 663. The van der Waals surface area contributed by atoms with Crippen molar-refractivity contribution in [1.82, 2.24) is 14.5 Å². The Morgan fingerprint density at radius 2 is 2.19 bits per heavy atom. The highest BCUT2D eigenvalue weighted by atomic mass is 16.2. The molecule has 1 heterocycles. The molecular weight excluding hydrogens is 264 g/mol. The average Bonchev–Trinajstić information content (AvgIpc) is 3.03. The molecule has 2 unspecified atom stereocenters. The van der Waals surface area contributed by atoms with Gasteiger partial charge in [0, 0.05) is 20.1 Å². The Morgan fingerprint density at radius 1 is 1.43 bits per heavy atom. The molecule has 3 rings (SSSR count). The molecule has 112 valence electrons. The van der Waals surface area contributed by atoms with Crippen LogP contribution >= 0.6 is 0 Å². The molecule has 2 atom stereocenters. The van der Waals surface area contributed by atoms with Crippen molar-refractivity contribution in [1.29, 1.82) is 0 Å². The number of nitrogens with two attached hydrogens (primary N) is 1. The minimum atomic E-state index is -0.0234. The first kappa shape index (κ1) is 14.1. The molecule has 1 amide bonds. The second kappa shape index (κ2) is 5.48. The van der Waals surface area contributed by atoms with E-state index >= 15 is 0 Å². The Hall–Kier alpha value is -1.88. The summed E-state index contributed by atoms with van der Waals surface area (Å²) in [5.41, 5.74) is 8.09. The molecule has 2 N–H and O–H groups in total. The Labute approximate surface area is 124 Å². The molecular formula is C16H22N4O. The van der Waals surface area contributed by atoms with Gasteiger partial charge in [0.15, 0.2) is 0 Å². The first-order valence-electron chi connectivity index (χ1n) is 7.49. The van der Waals surface area contributed by atoms with E-state index in [-0.39, 0.29) is 17.9 Å². The molecule has 1 aliphatic rings. The van der Waals surface area contributed by atoms with E-state index in [4.69, 9.17) is 5.73 Å². The summed E-state index contributed by atoms with van der Waals surface area (Å²) in [5.74, 6) is 1.02. The fourth-order valence-electron chi connectivity index (χ4n) is 3.21. The van der Waals surface area contributed by atoms with Crippen molar-refractivity contribution in [2.24, 2.45) is 18.7 Å². The maximum absolute atomic E-state index is 12.5. The van der Waals surface area contributed by atoms with E-state index in [1.54, 1.807) is 4.90 Å². The number of imidazole rings is 1. The fourth-order valence-corrected chi connectivity index (χ4v) is 3.21. The van der Waals surface area contributed by atoms with Crippen LogP contribution in [-0.4, -0.2) is 33.4 Å². The predicted octanol–water partition coefficient (Wildman–Crippen LogP) is 1.66. The molecule has 1 fully saturated rings. The third-order valence-electron chi connectivity index (χ3n) is 4.52. The number of fused-ring (bicyclic) bond motifs is 1. The first-order valence-corrected chi connectivity index (χ1v) is 7.49. The van der Waals surface area contributed by atoms with Gasteiger partial charge in [-0.1, -0.05) is 18.6 Å². The van der Waals surface area contributed by atoms with Crippen LogP contribution in [0.3, 0.4) is 0 Å². The molecule has 0 saturated heterocycles. The quantitative estimate of drug-likeness (QED) is 0.933. The van der Waals surface area contributed by atoms with Gasteiger partial charge in [-0.15, -0.1) is 0 Å². The van der Waals surface area contributed by atoms with Crippen molar-refractivity contribution >= 4 is 16.9 Å². The highest BCUT2D eigenvalue weighted by molar-refractivity contribution is 5.80. The molecule has 0 bridgehead atoms. The smallest absolute Gasteiger partial charge is 0.227 e. The summed E-state index contributed by atoms with van der Waals surface area (Å²) in [6.07, 6.45) is 2.92. The molecule has 5 heteroatoms. The van der Waals surface area contributed by atoms with Crippen LogP contribution in [0.5, 0.6) is 0 Å². The molecule has 5 nitrogen and oxygen atoms in total. The van der Waals surface area contributed by atoms with Crippen molar-refractivity contribution in [3.63, 3.8) is 0 Å². The third-order valence-corrected chi connectivity index (χ3v) is 4.52. The van der Waals surface area contributed by atoms with Crippen molar-refractivity contribution in [2.75, 3.05) is 7.05 Å². The number of nitrogens with zero attached hydrogens (tertiary/aromatic N) is 3. The number of carbonyl (C=O) groups is 1. The lowest BCUT2D eigenvalue weighted by Gasteiger charge is -2.23. The van der Waals surface area contributed by atoms with E-state index in [1.807, 2.05) is 42.9 Å². The third kappa shape index (κ3) is 2.53. The largest absolute Gasteiger partial charge is 0.338 e. The van der Waals surface area contributed by atoms with Gasteiger partial charge in [0.1, 0.15) is 5.82 Å². The van der Waals surface area contributed by atoms with Gasteiger partial charge in [-0.05, 0) is 25.0 Å². The number of hydrogen-bond acceptors (Lipinski definition) is 3. The van der Waals surface area contributed by atoms with Crippen LogP contribution < -0.4 is 5.73 Å². The molecule has 2 aromatic rings. The van der Waals surface area contributed by atoms with Gasteiger partial charge < -0.3 is 15.2 Å². The number of para-hydroxylation sites is 2. The van der Waals surface area contributed by atoms with Gasteiger partial charge in [0.2, 0.25) is 5.91 Å². The van der Waals surface area contributed by atoms with E-state index in [9.17, 15) is 4.79 Å². The highest BCUT2D eigenvalue weighted by Crippen LogP contribution is 2.26. The van der Waals surface area contributed by atoms with E-state index in [0.717, 1.165) is 36.1 Å². The van der Waals surface area contributed by atoms with Gasteiger partial charge in [-0.3, -0.25) is 4.79 Å². The molecule has 0 spiro atoms. The van der Waals surface area contributed by atoms with Crippen molar-refractivity contribution in [2.45, 2.75) is 31.8 Å². The zero-order chi connectivity index (χ0) is 15.0. The zero-order valence-corrected chi connectivity index (χ0v) is 12.6. The summed E-state index contributed by atoms with van der Waals surface area (Å²) in [4.78, 5) is 18.9. The van der Waals surface area contributed by atoms with Crippen LogP contribution in [0.15, 0.2) is 24.3 Å². The number of rotatable bonds is 3. The van der Waals surface area contributed by atoms with Gasteiger partial charge in [0.05, 0.1) is 23.5 Å². The van der Waals surface area contributed by atoms with Gasteiger partial charge >= 0.3 is 0 Å². The Balaban J connectivity index is 1.78. The molecule has 21 heavy (non-hydrogen) atoms. The Kier molecular flexibility index (Phi) is 3.68. The van der Waals surface area contributed by atoms with Gasteiger partial charge in [-0.2, -0.15) is 0 Å².